The van der Waals surface area contributed by atoms with E-state index in [2.05, 4.69) is 0 Å². The molecule has 0 bridgehead atoms. The molecule has 3 saturated heterocycles. The number of carbonyl (C=O) groups excluding carboxylic acids is 1. The lowest BCUT2D eigenvalue weighted by Crippen LogP contribution is -2.66. The SMILES string of the molecule is O=C(/C=C/c1ccc(O)cc1)O[C@H]1[C@H](O[C@H]2[C@H](Oc3ccc(-c4cc(=O)c5c(O)cc(O[C@@H]6O[C@H](C(=O)O)[C@@H](O)[C@H](O)[C@H]6O)cc5o4)cc3)O[C@H](C(=O)O)[C@@H](O)[C@@H]2O)O[C@H](C(=O)O)[C@@H](O)[C@@H]1O. The first-order valence-electron chi connectivity index (χ1n) is 19.7. The summed E-state index contributed by atoms with van der Waals surface area (Å²) in [6, 6.07) is 13.6. The number of phenolic OH excluding ortho intramolecular Hbond substituents is 2. The van der Waals surface area contributed by atoms with Crippen LogP contribution in [0.3, 0.4) is 0 Å². The van der Waals surface area contributed by atoms with Crippen LogP contribution in [0, 0.1) is 0 Å². The van der Waals surface area contributed by atoms with E-state index < -0.39 is 127 Å². The fourth-order valence-electron chi connectivity index (χ4n) is 7.20. The lowest BCUT2D eigenvalue weighted by Gasteiger charge is -2.45. The monoisotopic (exact) mass is 944 g/mol. The minimum atomic E-state index is -2.24. The zero-order valence-corrected chi connectivity index (χ0v) is 33.8. The van der Waals surface area contributed by atoms with E-state index in [0.29, 0.717) is 5.56 Å². The maximum Gasteiger partial charge on any atom is 0.335 e. The number of ether oxygens (including phenoxy) is 7. The van der Waals surface area contributed by atoms with Gasteiger partial charge < -0.3 is 98.9 Å². The van der Waals surface area contributed by atoms with E-state index in [1.54, 1.807) is 0 Å². The van der Waals surface area contributed by atoms with Crippen molar-refractivity contribution >= 4 is 40.9 Å². The molecule has 0 radical (unpaired) electrons. The van der Waals surface area contributed by atoms with Crippen molar-refractivity contribution in [3.63, 3.8) is 0 Å². The third-order valence-corrected chi connectivity index (χ3v) is 10.7. The molecule has 0 amide bonds. The molecule has 3 fully saturated rings. The summed E-state index contributed by atoms with van der Waals surface area (Å²) >= 11 is 0. The summed E-state index contributed by atoms with van der Waals surface area (Å²) in [5.41, 5.74) is -0.502. The van der Waals surface area contributed by atoms with E-state index in [0.717, 1.165) is 24.3 Å². The summed E-state index contributed by atoms with van der Waals surface area (Å²) in [5, 5.41) is 123. The van der Waals surface area contributed by atoms with Crippen LogP contribution >= 0.6 is 0 Å². The number of carboxylic acid groups (broad SMARTS) is 3. The van der Waals surface area contributed by atoms with Gasteiger partial charge in [0.25, 0.3) is 0 Å². The van der Waals surface area contributed by atoms with E-state index in [4.69, 9.17) is 37.6 Å². The number of hydrogen-bond donors (Lipinski definition) is 12. The van der Waals surface area contributed by atoms with Crippen molar-refractivity contribution in [1.82, 2.24) is 0 Å². The van der Waals surface area contributed by atoms with Crippen molar-refractivity contribution in [2.75, 3.05) is 0 Å². The maximum atomic E-state index is 13.2. The van der Waals surface area contributed by atoms with Gasteiger partial charge in [0.1, 0.15) is 82.5 Å². The minimum absolute atomic E-state index is 0.0675. The van der Waals surface area contributed by atoms with Crippen molar-refractivity contribution < 1.29 is 118 Å². The van der Waals surface area contributed by atoms with Crippen molar-refractivity contribution in [2.24, 2.45) is 0 Å². The van der Waals surface area contributed by atoms with Crippen LogP contribution in [0.2, 0.25) is 0 Å². The molecule has 0 spiro atoms. The lowest BCUT2D eigenvalue weighted by atomic mass is 9.96. The topological polar surface area (TPSA) is 406 Å². The fourth-order valence-corrected chi connectivity index (χ4v) is 7.20. The number of aliphatic hydroxyl groups excluding tert-OH is 7. The molecule has 7 rings (SSSR count). The van der Waals surface area contributed by atoms with Crippen LogP contribution in [0.15, 0.2) is 82.0 Å². The van der Waals surface area contributed by atoms with Crippen molar-refractivity contribution in [3.8, 4) is 34.3 Å². The highest BCUT2D eigenvalue weighted by atomic mass is 16.8. The van der Waals surface area contributed by atoms with Gasteiger partial charge in [0.2, 0.25) is 12.6 Å². The van der Waals surface area contributed by atoms with Crippen molar-refractivity contribution in [3.05, 3.63) is 88.6 Å². The Bertz CT molecular complexity index is 2560. The molecule has 3 aromatic carbocycles. The third-order valence-electron chi connectivity index (χ3n) is 10.7. The Balaban J connectivity index is 1.13. The number of carboxylic acids is 3. The summed E-state index contributed by atoms with van der Waals surface area (Å²) in [7, 11) is 0. The molecule has 0 saturated carbocycles. The van der Waals surface area contributed by atoms with Gasteiger partial charge in [0.05, 0.1) is 0 Å². The Kier molecular flexibility index (Phi) is 14.1. The summed E-state index contributed by atoms with van der Waals surface area (Å²) in [6.07, 6.45) is -29.4. The van der Waals surface area contributed by atoms with Gasteiger partial charge in [-0.1, -0.05) is 12.1 Å². The largest absolute Gasteiger partial charge is 0.508 e. The molecule has 1 aromatic heterocycles. The van der Waals surface area contributed by atoms with E-state index in [1.807, 2.05) is 0 Å². The fraction of sp³-hybridized carbons (Fsp3) is 0.357. The molecule has 0 unspecified atom stereocenters. The van der Waals surface area contributed by atoms with Crippen molar-refractivity contribution in [1.29, 1.82) is 0 Å². The van der Waals surface area contributed by atoms with Gasteiger partial charge in [-0.05, 0) is 48.0 Å². The minimum Gasteiger partial charge on any atom is -0.508 e. The first-order chi connectivity index (χ1) is 31.7. The Labute approximate surface area is 373 Å². The zero-order valence-electron chi connectivity index (χ0n) is 33.8. The molecule has 3 aliphatic rings. The third kappa shape index (κ3) is 10.2. The second-order valence-corrected chi connectivity index (χ2v) is 15.2. The molecule has 3 aliphatic heterocycles. The molecule has 67 heavy (non-hydrogen) atoms. The summed E-state index contributed by atoms with van der Waals surface area (Å²) < 4.78 is 44.2. The highest BCUT2D eigenvalue weighted by Crippen LogP contribution is 2.36. The summed E-state index contributed by atoms with van der Waals surface area (Å²) in [6.45, 7) is 0. The van der Waals surface area contributed by atoms with Crippen LogP contribution in [-0.2, 0) is 42.9 Å². The van der Waals surface area contributed by atoms with E-state index >= 15 is 0 Å². The number of esters is 1. The number of hydrogen-bond acceptors (Lipinski definition) is 22. The zero-order chi connectivity index (χ0) is 48.6. The molecule has 358 valence electrons. The van der Waals surface area contributed by atoms with E-state index in [9.17, 15) is 85.3 Å². The van der Waals surface area contributed by atoms with Crippen molar-refractivity contribution in [2.45, 2.75) is 92.1 Å². The number of phenols is 2. The van der Waals surface area contributed by atoms with Crippen LogP contribution in [0.5, 0.6) is 23.0 Å². The van der Waals surface area contributed by atoms with Gasteiger partial charge in [0, 0.05) is 29.8 Å². The predicted molar refractivity (Wildman–Crippen MR) is 214 cm³/mol. The number of aliphatic hydroxyl groups is 7. The lowest BCUT2D eigenvalue weighted by molar-refractivity contribution is -0.350. The second-order valence-electron chi connectivity index (χ2n) is 15.2. The van der Waals surface area contributed by atoms with Gasteiger partial charge in [-0.25, -0.2) is 19.2 Å². The molecule has 4 aromatic rings. The van der Waals surface area contributed by atoms with Crippen LogP contribution in [0.1, 0.15) is 5.56 Å². The van der Waals surface area contributed by atoms with Gasteiger partial charge in [-0.2, -0.15) is 0 Å². The Hall–Kier alpha value is -6.75. The summed E-state index contributed by atoms with van der Waals surface area (Å²) in [5.74, 6) is -7.84. The number of carbonyl (C=O) groups is 4. The number of aliphatic carboxylic acids is 3. The van der Waals surface area contributed by atoms with Gasteiger partial charge in [0.15, 0.2) is 42.2 Å². The number of benzene rings is 3. The molecule has 25 nitrogen and oxygen atoms in total. The number of fused-ring (bicyclic) bond motifs is 1. The standard InChI is InChI=1S/C42H40O25/c43-16-6-1-14(2-7-16)3-10-23(46)63-35-29(51)27(49)34(39(58)59)66-42(35)67-36-30(52)28(50)33(38(56)57)65-41(36)60-17-8-4-15(5-9-17)21-13-20(45)24-19(44)11-18(12-22(24)62-21)61-40-31(53)25(47)26(48)32(64-40)37(54)55/h1-13,25-36,40-44,47-53H,(H,54,55)(H,56,57)(H,58,59)/b10-3+/t25-,26-,27-,28-,29-,30-,31+,32-,33-,34-,35+,36+,40+,41+,42-/m0/s1. The molecule has 4 heterocycles. The van der Waals surface area contributed by atoms with Crippen LogP contribution in [0.4, 0.5) is 0 Å². The van der Waals surface area contributed by atoms with Gasteiger partial charge in [-0.3, -0.25) is 4.79 Å². The Morgan fingerprint density at radius 2 is 1.10 bits per heavy atom. The highest BCUT2D eigenvalue weighted by Gasteiger charge is 2.55. The number of rotatable bonds is 13. The van der Waals surface area contributed by atoms with E-state index in [-0.39, 0.29) is 39.5 Å². The Morgan fingerprint density at radius 1 is 0.567 bits per heavy atom. The molecule has 12 N–H and O–H groups in total. The molecular formula is C42H40O25. The number of aromatic hydroxyl groups is 2. The highest BCUT2D eigenvalue weighted by molar-refractivity contribution is 5.87. The molecule has 25 heteroatoms. The average molecular weight is 945 g/mol. The second kappa shape index (κ2) is 19.6. The molecular weight excluding hydrogens is 904 g/mol. The molecule has 15 atom stereocenters. The van der Waals surface area contributed by atoms with Crippen LogP contribution in [-0.4, -0.2) is 177 Å². The first-order valence-corrected chi connectivity index (χ1v) is 19.7. The van der Waals surface area contributed by atoms with E-state index in [1.165, 1.54) is 54.6 Å². The Morgan fingerprint density at radius 3 is 1.70 bits per heavy atom. The first kappa shape index (κ1) is 48.2. The van der Waals surface area contributed by atoms with Crippen LogP contribution in [0.25, 0.3) is 28.4 Å². The molecule has 0 aliphatic carbocycles. The smallest absolute Gasteiger partial charge is 0.335 e. The quantitative estimate of drug-likeness (QED) is 0.0491. The summed E-state index contributed by atoms with van der Waals surface area (Å²) in [4.78, 5) is 61.7. The normalized spacial score (nSPS) is 32.1. The predicted octanol–water partition coefficient (Wildman–Crippen LogP) is -2.41. The van der Waals surface area contributed by atoms with Crippen LogP contribution < -0.4 is 14.9 Å². The van der Waals surface area contributed by atoms with Gasteiger partial charge >= 0.3 is 23.9 Å². The maximum absolute atomic E-state index is 13.2. The average Bonchev–Trinajstić information content (AvgIpc) is 3.27. The van der Waals surface area contributed by atoms with Gasteiger partial charge in [-0.15, -0.1) is 0 Å².